The molecule has 0 amide bonds. The van der Waals surface area contributed by atoms with Crippen molar-refractivity contribution in [2.75, 3.05) is 0 Å². The molecule has 0 radical (unpaired) electrons. The van der Waals surface area contributed by atoms with Crippen molar-refractivity contribution in [2.45, 2.75) is 38.5 Å². The molecule has 7 nitrogen and oxygen atoms in total. The Morgan fingerprint density at radius 2 is 0.824 bits per heavy atom. The minimum absolute atomic E-state index is 0.220. The van der Waals surface area contributed by atoms with Crippen LogP contribution in [-0.4, -0.2) is 19.1 Å². The molecule has 2 aliphatic carbocycles. The van der Waals surface area contributed by atoms with Gasteiger partial charge in [-0.05, 0) is 69.8 Å². The molecule has 14 rings (SSSR count). The lowest BCUT2D eigenvalue weighted by molar-refractivity contribution is 0.660. The van der Waals surface area contributed by atoms with Crippen LogP contribution in [0.5, 0.6) is 0 Å². The zero-order chi connectivity index (χ0) is 50.2. The van der Waals surface area contributed by atoms with Crippen molar-refractivity contribution >= 4 is 43.6 Å². The number of rotatable bonds is 5. The van der Waals surface area contributed by atoms with E-state index in [4.69, 9.17) is 9.97 Å². The largest absolute Gasteiger partial charge is 0.307 e. The van der Waals surface area contributed by atoms with Gasteiger partial charge in [0.1, 0.15) is 23.8 Å². The summed E-state index contributed by atoms with van der Waals surface area (Å²) in [5, 5.41) is 38.1. The summed E-state index contributed by atoms with van der Waals surface area (Å²) in [6.07, 6.45) is 0. The molecule has 9 aromatic carbocycles. The molecule has 2 aliphatic rings. The summed E-state index contributed by atoms with van der Waals surface area (Å²) < 4.78 is 4.48. The van der Waals surface area contributed by atoms with Crippen molar-refractivity contribution in [2.24, 2.45) is 0 Å². The van der Waals surface area contributed by atoms with E-state index in [1.165, 1.54) is 44.5 Å². The molecular formula is C67H43N7. The van der Waals surface area contributed by atoms with Crippen molar-refractivity contribution in [3.05, 3.63) is 227 Å². The zero-order valence-corrected chi connectivity index (χ0v) is 41.0. The van der Waals surface area contributed by atoms with Crippen molar-refractivity contribution in [3.8, 4) is 85.7 Å². The second-order valence-corrected chi connectivity index (χ2v) is 20.6. The Morgan fingerprint density at radius 3 is 1.28 bits per heavy atom. The first-order valence-electron chi connectivity index (χ1n) is 24.9. The molecule has 0 N–H and O–H groups in total. The molecule has 0 saturated heterocycles. The van der Waals surface area contributed by atoms with Crippen LogP contribution in [0.25, 0.3) is 111 Å². The van der Waals surface area contributed by atoms with Gasteiger partial charge in [-0.15, -0.1) is 0 Å². The SMILES string of the molecule is CC1(C)c2ccccc2-c2c1ccc1c3ccccc3n(-c3ccc(-c4nc(-c5ccccc5)nc(-c5ccc(-n6c7ccccc7c7ccc8c(c76)-c6ccccc6C8(C)C)c(C#N)c5)c4C#N)cc3C#N)c21. The Balaban J connectivity index is 0.973. The van der Waals surface area contributed by atoms with Crippen molar-refractivity contribution < 1.29 is 0 Å². The number of benzene rings is 9. The van der Waals surface area contributed by atoms with Crippen molar-refractivity contribution in [3.63, 3.8) is 0 Å². The van der Waals surface area contributed by atoms with Gasteiger partial charge >= 0.3 is 0 Å². The average molecular weight is 946 g/mol. The number of nitrogens with zero attached hydrogens (tertiary/aromatic N) is 7. The van der Waals surface area contributed by atoms with Crippen LogP contribution in [0.4, 0.5) is 0 Å². The van der Waals surface area contributed by atoms with Crippen LogP contribution in [0.15, 0.2) is 188 Å². The normalized spacial score (nSPS) is 13.6. The highest BCUT2D eigenvalue weighted by Crippen LogP contribution is 2.55. The second kappa shape index (κ2) is 15.6. The van der Waals surface area contributed by atoms with Crippen LogP contribution >= 0.6 is 0 Å². The molecule has 0 atom stereocenters. The first-order chi connectivity index (χ1) is 36.1. The Kier molecular flexibility index (Phi) is 9.04. The molecule has 0 saturated carbocycles. The van der Waals surface area contributed by atoms with Crippen molar-refractivity contribution in [1.29, 1.82) is 15.8 Å². The number of fused-ring (bicyclic) bond motifs is 14. The molecule has 74 heavy (non-hydrogen) atoms. The van der Waals surface area contributed by atoms with Crippen LogP contribution < -0.4 is 0 Å². The number of nitriles is 3. The van der Waals surface area contributed by atoms with Crippen molar-refractivity contribution in [1.82, 2.24) is 19.1 Å². The smallest absolute Gasteiger partial charge is 0.160 e. The highest BCUT2D eigenvalue weighted by Gasteiger charge is 2.39. The molecule has 0 unspecified atom stereocenters. The number of hydrogen-bond acceptors (Lipinski definition) is 5. The topological polar surface area (TPSA) is 107 Å². The lowest BCUT2D eigenvalue weighted by atomic mass is 9.82. The maximum atomic E-state index is 11.3. The lowest BCUT2D eigenvalue weighted by Gasteiger charge is -2.21. The van der Waals surface area contributed by atoms with Crippen LogP contribution in [0.2, 0.25) is 0 Å². The zero-order valence-electron chi connectivity index (χ0n) is 41.0. The third-order valence-corrected chi connectivity index (χ3v) is 16.1. The summed E-state index contributed by atoms with van der Waals surface area (Å²) in [4.78, 5) is 10.3. The first kappa shape index (κ1) is 43.0. The summed E-state index contributed by atoms with van der Waals surface area (Å²) >= 11 is 0. The van der Waals surface area contributed by atoms with E-state index in [0.29, 0.717) is 39.5 Å². The highest BCUT2D eigenvalue weighted by atomic mass is 15.0. The van der Waals surface area contributed by atoms with Crippen LogP contribution in [0.1, 0.15) is 66.6 Å². The Hall–Kier alpha value is -9.87. The summed E-state index contributed by atoms with van der Waals surface area (Å²) in [6.45, 7) is 9.13. The van der Waals surface area contributed by atoms with E-state index in [0.717, 1.165) is 60.5 Å². The molecule has 12 aromatic rings. The third kappa shape index (κ3) is 5.80. The molecule has 0 aliphatic heterocycles. The molecular weight excluding hydrogens is 903 g/mol. The predicted molar refractivity (Wildman–Crippen MR) is 296 cm³/mol. The van der Waals surface area contributed by atoms with E-state index >= 15 is 0 Å². The standard InChI is InChI=1S/C67H43N7/c1-66(2)51-22-12-8-20-48(51)59-53(66)30-28-46-44-18-10-14-24-57(44)73(63(46)59)55-32-26-40(34-42(55)36-68)61-50(38-70)62(72-65(71-61)39-16-6-5-7-17-39)41-27-33-56(43(35-41)37-69)74-58-25-15-11-19-45(58)47-29-31-54-60(64(47)74)49-21-9-13-23-52(49)67(54,3)4/h5-35H,1-4H3. The molecule has 3 heterocycles. The van der Waals surface area contributed by atoms with Gasteiger partial charge in [-0.25, -0.2) is 9.97 Å². The quantitative estimate of drug-likeness (QED) is 0.171. The summed E-state index contributed by atoms with van der Waals surface area (Å²) in [5.41, 5.74) is 18.7. The second-order valence-electron chi connectivity index (χ2n) is 20.6. The van der Waals surface area contributed by atoms with Crippen LogP contribution in [-0.2, 0) is 10.8 Å². The van der Waals surface area contributed by atoms with Gasteiger partial charge in [-0.2, -0.15) is 15.8 Å². The van der Waals surface area contributed by atoms with E-state index in [1.807, 2.05) is 78.9 Å². The van der Waals surface area contributed by atoms with Gasteiger partial charge in [0, 0.05) is 60.2 Å². The fraction of sp³-hybridized carbons (Fsp3) is 0.0896. The molecule has 0 spiro atoms. The maximum absolute atomic E-state index is 11.3. The molecule has 0 bridgehead atoms. The fourth-order valence-corrected chi connectivity index (χ4v) is 12.6. The van der Waals surface area contributed by atoms with Gasteiger partial charge in [-0.1, -0.05) is 179 Å². The summed E-state index contributed by atoms with van der Waals surface area (Å²) in [6, 6.07) is 71.9. The van der Waals surface area contributed by atoms with E-state index in [-0.39, 0.29) is 16.4 Å². The molecule has 346 valence electrons. The highest BCUT2D eigenvalue weighted by molar-refractivity contribution is 6.17. The van der Waals surface area contributed by atoms with Crippen LogP contribution in [0.3, 0.4) is 0 Å². The van der Waals surface area contributed by atoms with E-state index in [1.54, 1.807) is 0 Å². The minimum atomic E-state index is -0.220. The van der Waals surface area contributed by atoms with Gasteiger partial charge in [0.15, 0.2) is 5.82 Å². The van der Waals surface area contributed by atoms with Crippen LogP contribution in [0, 0.1) is 34.0 Å². The number of para-hydroxylation sites is 2. The predicted octanol–water partition coefficient (Wildman–Crippen LogP) is 15.9. The first-order valence-corrected chi connectivity index (χ1v) is 24.9. The fourth-order valence-electron chi connectivity index (χ4n) is 12.6. The van der Waals surface area contributed by atoms with E-state index in [2.05, 4.69) is 164 Å². The lowest BCUT2D eigenvalue weighted by Crippen LogP contribution is -2.14. The minimum Gasteiger partial charge on any atom is -0.307 e. The number of aromatic nitrogens is 4. The average Bonchev–Trinajstić information content (AvgIpc) is 4.11. The van der Waals surface area contributed by atoms with Gasteiger partial charge in [-0.3, -0.25) is 0 Å². The van der Waals surface area contributed by atoms with E-state index in [9.17, 15) is 15.8 Å². The van der Waals surface area contributed by atoms with Gasteiger partial charge in [0.25, 0.3) is 0 Å². The van der Waals surface area contributed by atoms with Gasteiger partial charge in [0.05, 0.1) is 56.0 Å². The molecule has 7 heteroatoms. The third-order valence-electron chi connectivity index (χ3n) is 16.1. The summed E-state index contributed by atoms with van der Waals surface area (Å²) in [7, 11) is 0. The summed E-state index contributed by atoms with van der Waals surface area (Å²) in [5.74, 6) is 0.415. The Morgan fingerprint density at radius 1 is 0.392 bits per heavy atom. The van der Waals surface area contributed by atoms with Gasteiger partial charge in [0.2, 0.25) is 0 Å². The molecule has 0 fully saturated rings. The maximum Gasteiger partial charge on any atom is 0.160 e. The Labute approximate surface area is 427 Å². The Bertz CT molecular complexity index is 4320. The monoisotopic (exact) mass is 945 g/mol. The van der Waals surface area contributed by atoms with E-state index < -0.39 is 0 Å². The van der Waals surface area contributed by atoms with Gasteiger partial charge < -0.3 is 9.13 Å². The molecule has 3 aromatic heterocycles. The number of hydrogen-bond donors (Lipinski definition) is 0.